The lowest BCUT2D eigenvalue weighted by Crippen LogP contribution is -2.33. The highest BCUT2D eigenvalue weighted by Gasteiger charge is 2.11. The van der Waals surface area contributed by atoms with Crippen LogP contribution in [0, 0.1) is 5.82 Å². The Kier molecular flexibility index (Phi) is 5.08. The highest BCUT2D eigenvalue weighted by molar-refractivity contribution is 9.10. The summed E-state index contributed by atoms with van der Waals surface area (Å²) in [5.74, 6) is -1.47. The number of carboxylic acids is 1. The lowest BCUT2D eigenvalue weighted by molar-refractivity contribution is -0.137. The fourth-order valence-corrected chi connectivity index (χ4v) is 1.40. The van der Waals surface area contributed by atoms with Gasteiger partial charge in [-0.2, -0.15) is 0 Å². The van der Waals surface area contributed by atoms with Gasteiger partial charge in [0.25, 0.3) is 0 Å². The van der Waals surface area contributed by atoms with Crippen LogP contribution in [0.1, 0.15) is 6.42 Å². The summed E-state index contributed by atoms with van der Waals surface area (Å²) in [6.07, 6.45) is -0.140. The number of rotatable bonds is 4. The summed E-state index contributed by atoms with van der Waals surface area (Å²) < 4.78 is 13.5. The van der Waals surface area contributed by atoms with E-state index in [1.54, 1.807) is 0 Å². The lowest BCUT2D eigenvalue weighted by atomic mass is 10.3. The Hall–Kier alpha value is -1.63. The van der Waals surface area contributed by atoms with Crippen molar-refractivity contribution in [3.05, 3.63) is 28.5 Å². The molecular weight excluding hydrogens is 307 g/mol. The molecule has 0 aliphatic rings. The maximum absolute atomic E-state index is 13.2. The first kappa shape index (κ1) is 14.4. The fourth-order valence-electron chi connectivity index (χ4n) is 1.16. The van der Waals surface area contributed by atoms with Gasteiger partial charge >= 0.3 is 12.0 Å². The van der Waals surface area contributed by atoms with Crippen LogP contribution in [-0.2, 0) is 4.79 Å². The number of halogens is 2. The number of anilines is 1. The molecule has 2 N–H and O–H groups in total. The third-order valence-electron chi connectivity index (χ3n) is 2.18. The fraction of sp³-hybridized carbons (Fsp3) is 0.273. The largest absolute Gasteiger partial charge is 0.481 e. The Bertz CT molecular complexity index is 468. The van der Waals surface area contributed by atoms with Crippen molar-refractivity contribution in [2.45, 2.75) is 6.42 Å². The minimum absolute atomic E-state index is 0.0835. The minimum atomic E-state index is -0.982. The number of nitrogens with one attached hydrogen (secondary N) is 1. The summed E-state index contributed by atoms with van der Waals surface area (Å²) >= 11 is 3.00. The number of carbonyl (C=O) groups is 2. The Morgan fingerprint density at radius 2 is 2.17 bits per heavy atom. The van der Waals surface area contributed by atoms with E-state index in [4.69, 9.17) is 5.11 Å². The molecule has 0 saturated heterocycles. The second kappa shape index (κ2) is 6.34. The number of hydrogen-bond acceptors (Lipinski definition) is 2. The highest BCUT2D eigenvalue weighted by Crippen LogP contribution is 2.19. The molecule has 0 aromatic heterocycles. The van der Waals surface area contributed by atoms with Gasteiger partial charge in [0, 0.05) is 19.3 Å². The van der Waals surface area contributed by atoms with Crippen LogP contribution in [-0.4, -0.2) is 35.6 Å². The molecule has 18 heavy (non-hydrogen) atoms. The van der Waals surface area contributed by atoms with Gasteiger partial charge < -0.3 is 15.3 Å². The molecule has 5 nitrogen and oxygen atoms in total. The molecule has 0 aliphatic carbocycles. The molecule has 0 radical (unpaired) electrons. The molecular formula is C11H12BrFN2O3. The number of urea groups is 1. The third kappa shape index (κ3) is 4.33. The van der Waals surface area contributed by atoms with Gasteiger partial charge in [0.15, 0.2) is 0 Å². The molecule has 0 saturated carbocycles. The van der Waals surface area contributed by atoms with Crippen molar-refractivity contribution < 1.29 is 19.1 Å². The van der Waals surface area contributed by atoms with E-state index in [-0.39, 0.29) is 13.0 Å². The average molecular weight is 319 g/mol. The summed E-state index contributed by atoms with van der Waals surface area (Å²) in [5, 5.41) is 11.0. The van der Waals surface area contributed by atoms with E-state index in [1.807, 2.05) is 0 Å². The third-order valence-corrected chi connectivity index (χ3v) is 2.82. The van der Waals surface area contributed by atoms with Gasteiger partial charge in [-0.25, -0.2) is 9.18 Å². The van der Waals surface area contributed by atoms with Gasteiger partial charge in [-0.1, -0.05) is 0 Å². The van der Waals surface area contributed by atoms with Crippen LogP contribution < -0.4 is 5.32 Å². The predicted octanol–water partition coefficient (Wildman–Crippen LogP) is 2.53. The second-order valence-corrected chi connectivity index (χ2v) is 4.48. The van der Waals surface area contributed by atoms with Crippen LogP contribution in [0.25, 0.3) is 0 Å². The molecule has 0 fully saturated rings. The van der Waals surface area contributed by atoms with Crippen molar-refractivity contribution in [3.8, 4) is 0 Å². The molecule has 0 spiro atoms. The quantitative estimate of drug-likeness (QED) is 0.896. The number of benzene rings is 1. The number of amides is 2. The average Bonchev–Trinajstić information content (AvgIpc) is 2.30. The van der Waals surface area contributed by atoms with E-state index in [0.29, 0.717) is 10.2 Å². The Morgan fingerprint density at radius 3 is 2.72 bits per heavy atom. The maximum atomic E-state index is 13.2. The SMILES string of the molecule is CN(CCC(=O)O)C(=O)Nc1ccc(Br)c(F)c1. The van der Waals surface area contributed by atoms with Gasteiger partial charge in [-0.15, -0.1) is 0 Å². The molecule has 98 valence electrons. The molecule has 1 rings (SSSR count). The van der Waals surface area contributed by atoms with E-state index in [1.165, 1.54) is 30.1 Å². The summed E-state index contributed by atoms with van der Waals surface area (Å²) in [7, 11) is 1.47. The monoisotopic (exact) mass is 318 g/mol. The molecule has 0 unspecified atom stereocenters. The lowest BCUT2D eigenvalue weighted by Gasteiger charge is -2.17. The summed E-state index contributed by atoms with van der Waals surface area (Å²) in [4.78, 5) is 23.2. The number of nitrogens with zero attached hydrogens (tertiary/aromatic N) is 1. The van der Waals surface area contributed by atoms with Crippen LogP contribution in [0.5, 0.6) is 0 Å². The smallest absolute Gasteiger partial charge is 0.321 e. The number of aliphatic carboxylic acids is 1. The van der Waals surface area contributed by atoms with Crippen LogP contribution in [0.3, 0.4) is 0 Å². The summed E-state index contributed by atoms with van der Waals surface area (Å²) in [6.45, 7) is 0.0835. The molecule has 0 bridgehead atoms. The summed E-state index contributed by atoms with van der Waals surface area (Å²) in [5.41, 5.74) is 0.308. The van der Waals surface area contributed by atoms with Crippen molar-refractivity contribution >= 4 is 33.6 Å². The minimum Gasteiger partial charge on any atom is -0.481 e. The standard InChI is InChI=1S/C11H12BrFN2O3/c1-15(5-4-10(16)17)11(18)14-7-2-3-8(12)9(13)6-7/h2-3,6H,4-5H2,1H3,(H,14,18)(H,16,17). The normalized spacial score (nSPS) is 9.94. The molecule has 2 amide bonds. The van der Waals surface area contributed by atoms with Crippen molar-refractivity contribution in [3.63, 3.8) is 0 Å². The zero-order chi connectivity index (χ0) is 13.7. The van der Waals surface area contributed by atoms with Crippen LogP contribution in [0.2, 0.25) is 0 Å². The molecule has 1 aromatic carbocycles. The topological polar surface area (TPSA) is 69.6 Å². The molecule has 7 heteroatoms. The first-order chi connectivity index (χ1) is 8.40. The van der Waals surface area contributed by atoms with Crippen LogP contribution in [0.15, 0.2) is 22.7 Å². The number of carbonyl (C=O) groups excluding carboxylic acids is 1. The van der Waals surface area contributed by atoms with Crippen LogP contribution >= 0.6 is 15.9 Å². The first-order valence-corrected chi connectivity index (χ1v) is 5.88. The maximum Gasteiger partial charge on any atom is 0.321 e. The first-order valence-electron chi connectivity index (χ1n) is 5.09. The van der Waals surface area contributed by atoms with E-state index in [0.717, 1.165) is 0 Å². The predicted molar refractivity (Wildman–Crippen MR) is 68.0 cm³/mol. The zero-order valence-corrected chi connectivity index (χ0v) is 11.2. The second-order valence-electron chi connectivity index (χ2n) is 3.62. The number of hydrogen-bond donors (Lipinski definition) is 2. The van der Waals surface area contributed by atoms with E-state index in [9.17, 15) is 14.0 Å². The van der Waals surface area contributed by atoms with Gasteiger partial charge in [0.05, 0.1) is 10.9 Å². The van der Waals surface area contributed by atoms with E-state index < -0.39 is 17.8 Å². The zero-order valence-electron chi connectivity index (χ0n) is 9.61. The molecule has 0 atom stereocenters. The van der Waals surface area contributed by atoms with Gasteiger partial charge in [0.1, 0.15) is 5.82 Å². The molecule has 0 aliphatic heterocycles. The van der Waals surface area contributed by atoms with Crippen molar-refractivity contribution in [1.29, 1.82) is 0 Å². The van der Waals surface area contributed by atoms with Crippen molar-refractivity contribution in [1.82, 2.24) is 4.90 Å². The van der Waals surface area contributed by atoms with Gasteiger partial charge in [-0.3, -0.25) is 4.79 Å². The Labute approximate surface area is 112 Å². The Morgan fingerprint density at radius 1 is 1.50 bits per heavy atom. The van der Waals surface area contributed by atoms with E-state index >= 15 is 0 Å². The van der Waals surface area contributed by atoms with Gasteiger partial charge in [-0.05, 0) is 34.1 Å². The number of carboxylic acid groups (broad SMARTS) is 1. The Balaban J connectivity index is 2.58. The van der Waals surface area contributed by atoms with Crippen molar-refractivity contribution in [2.24, 2.45) is 0 Å². The van der Waals surface area contributed by atoms with Crippen molar-refractivity contribution in [2.75, 3.05) is 18.9 Å². The molecule has 0 heterocycles. The van der Waals surface area contributed by atoms with Crippen LogP contribution in [0.4, 0.5) is 14.9 Å². The highest BCUT2D eigenvalue weighted by atomic mass is 79.9. The molecule has 1 aromatic rings. The summed E-state index contributed by atoms with van der Waals surface area (Å²) in [6, 6.07) is 3.70. The van der Waals surface area contributed by atoms with Gasteiger partial charge in [0.2, 0.25) is 0 Å². The van der Waals surface area contributed by atoms with E-state index in [2.05, 4.69) is 21.2 Å².